The smallest absolute Gasteiger partial charge is 0.0245 e. The number of thiophene rings is 1. The third-order valence-corrected chi connectivity index (χ3v) is 5.78. The van der Waals surface area contributed by atoms with Crippen LogP contribution in [0.25, 0.3) is 0 Å². The van der Waals surface area contributed by atoms with Gasteiger partial charge < -0.3 is 5.73 Å². The quantitative estimate of drug-likeness (QED) is 0.890. The molecule has 3 heteroatoms. The fourth-order valence-electron chi connectivity index (χ4n) is 3.82. The molecule has 3 unspecified atom stereocenters. The van der Waals surface area contributed by atoms with Crippen molar-refractivity contribution in [1.82, 2.24) is 4.90 Å². The van der Waals surface area contributed by atoms with E-state index in [9.17, 15) is 0 Å². The Kier molecular flexibility index (Phi) is 3.48. The van der Waals surface area contributed by atoms with Gasteiger partial charge in [0.25, 0.3) is 0 Å². The maximum absolute atomic E-state index is 6.28. The molecule has 0 radical (unpaired) electrons. The Morgan fingerprint density at radius 1 is 1.33 bits per heavy atom. The lowest BCUT2D eigenvalue weighted by Crippen LogP contribution is -2.38. The van der Waals surface area contributed by atoms with Gasteiger partial charge in [-0.15, -0.1) is 11.3 Å². The molecule has 2 fully saturated rings. The maximum Gasteiger partial charge on any atom is 0.0245 e. The zero-order valence-electron chi connectivity index (χ0n) is 11.5. The van der Waals surface area contributed by atoms with Crippen LogP contribution < -0.4 is 5.73 Å². The highest BCUT2D eigenvalue weighted by Crippen LogP contribution is 2.36. The number of aryl methyl sites for hydroxylation is 2. The summed E-state index contributed by atoms with van der Waals surface area (Å²) in [5, 5.41) is 0. The summed E-state index contributed by atoms with van der Waals surface area (Å²) in [7, 11) is 0. The van der Waals surface area contributed by atoms with Crippen molar-refractivity contribution in [2.75, 3.05) is 13.1 Å². The third-order valence-electron chi connectivity index (χ3n) is 4.77. The maximum atomic E-state index is 6.28. The van der Waals surface area contributed by atoms with Crippen molar-refractivity contribution in [3.63, 3.8) is 0 Å². The molecule has 2 aliphatic rings. The Labute approximate surface area is 114 Å². The summed E-state index contributed by atoms with van der Waals surface area (Å²) in [6, 6.07) is 2.82. The second-order valence-electron chi connectivity index (χ2n) is 6.15. The van der Waals surface area contributed by atoms with E-state index in [1.807, 2.05) is 11.3 Å². The molecule has 1 aliphatic carbocycles. The van der Waals surface area contributed by atoms with Crippen molar-refractivity contribution >= 4 is 11.3 Å². The first-order chi connectivity index (χ1) is 8.63. The van der Waals surface area contributed by atoms with Crippen molar-refractivity contribution in [3.8, 4) is 0 Å². The first-order valence-corrected chi connectivity index (χ1v) is 7.99. The lowest BCUT2D eigenvalue weighted by Gasteiger charge is -2.29. The summed E-state index contributed by atoms with van der Waals surface area (Å²) in [6.07, 6.45) is 3.98. The molecule has 100 valence electrons. The molecule has 1 saturated heterocycles. The molecule has 2 heterocycles. The number of nitrogens with two attached hydrogens (primary N) is 1. The van der Waals surface area contributed by atoms with Crippen molar-refractivity contribution in [1.29, 1.82) is 0 Å². The molecular weight excluding hydrogens is 240 g/mol. The lowest BCUT2D eigenvalue weighted by atomic mass is 9.78. The molecule has 0 aromatic carbocycles. The van der Waals surface area contributed by atoms with Crippen molar-refractivity contribution in [2.45, 2.75) is 45.7 Å². The Bertz CT molecular complexity index is 426. The van der Waals surface area contributed by atoms with E-state index in [4.69, 9.17) is 5.73 Å². The van der Waals surface area contributed by atoms with E-state index in [0.717, 1.165) is 18.4 Å². The first-order valence-electron chi connectivity index (χ1n) is 7.17. The van der Waals surface area contributed by atoms with Crippen LogP contribution in [0.15, 0.2) is 6.07 Å². The predicted octanol–water partition coefficient (Wildman–Crippen LogP) is 2.92. The minimum absolute atomic E-state index is 0.457. The van der Waals surface area contributed by atoms with Gasteiger partial charge in [0.05, 0.1) is 0 Å². The van der Waals surface area contributed by atoms with Crippen molar-refractivity contribution in [2.24, 2.45) is 17.6 Å². The van der Waals surface area contributed by atoms with Gasteiger partial charge in [-0.2, -0.15) is 0 Å². The van der Waals surface area contributed by atoms with Gasteiger partial charge in [0.2, 0.25) is 0 Å². The van der Waals surface area contributed by atoms with Gasteiger partial charge in [0.1, 0.15) is 0 Å². The monoisotopic (exact) mass is 264 g/mol. The summed E-state index contributed by atoms with van der Waals surface area (Å²) in [5.74, 6) is 1.63. The molecule has 1 saturated carbocycles. The van der Waals surface area contributed by atoms with Crippen LogP contribution in [0.5, 0.6) is 0 Å². The summed E-state index contributed by atoms with van der Waals surface area (Å²) in [6.45, 7) is 8.09. The van der Waals surface area contributed by atoms with Crippen molar-refractivity contribution in [3.05, 3.63) is 21.4 Å². The molecule has 1 aromatic rings. The molecule has 3 rings (SSSR count). The minimum Gasteiger partial charge on any atom is -0.327 e. The van der Waals surface area contributed by atoms with Gasteiger partial charge in [-0.05, 0) is 50.2 Å². The van der Waals surface area contributed by atoms with E-state index in [2.05, 4.69) is 24.8 Å². The molecule has 1 aromatic heterocycles. The van der Waals surface area contributed by atoms with Crippen LogP contribution in [-0.2, 0) is 6.54 Å². The molecule has 2 nitrogen and oxygen atoms in total. The molecule has 1 aliphatic heterocycles. The fraction of sp³-hybridized carbons (Fsp3) is 0.733. The summed E-state index contributed by atoms with van der Waals surface area (Å²) in [5.41, 5.74) is 7.82. The third kappa shape index (κ3) is 2.36. The van der Waals surface area contributed by atoms with Crippen LogP contribution in [0.4, 0.5) is 0 Å². The van der Waals surface area contributed by atoms with Crippen LogP contribution in [-0.4, -0.2) is 24.0 Å². The Morgan fingerprint density at radius 2 is 2.17 bits per heavy atom. The largest absolute Gasteiger partial charge is 0.327 e. The highest BCUT2D eigenvalue weighted by atomic mass is 32.1. The van der Waals surface area contributed by atoms with Crippen LogP contribution in [0, 0.1) is 25.7 Å². The first kappa shape index (κ1) is 12.6. The lowest BCUT2D eigenvalue weighted by molar-refractivity contribution is 0.259. The molecule has 18 heavy (non-hydrogen) atoms. The number of rotatable bonds is 2. The van der Waals surface area contributed by atoms with E-state index in [0.29, 0.717) is 6.04 Å². The fourth-order valence-corrected chi connectivity index (χ4v) is 4.76. The summed E-state index contributed by atoms with van der Waals surface area (Å²) in [4.78, 5) is 5.57. The molecule has 3 atom stereocenters. The molecular formula is C15H24N2S. The van der Waals surface area contributed by atoms with Gasteiger partial charge in [0.15, 0.2) is 0 Å². The Hall–Kier alpha value is -0.380. The van der Waals surface area contributed by atoms with E-state index < -0.39 is 0 Å². The number of hydrogen-bond donors (Lipinski definition) is 1. The van der Waals surface area contributed by atoms with Gasteiger partial charge in [-0.3, -0.25) is 4.90 Å². The standard InChI is InChI=1S/C15H24N2S/c1-10-6-13(11(2)18-10)8-17-7-12-4-3-5-15(16)14(12)9-17/h6,12,14-15H,3-5,7-9,16H2,1-2H3. The van der Waals surface area contributed by atoms with E-state index in [1.165, 1.54) is 47.7 Å². The normalized spacial score (nSPS) is 32.7. The number of fused-ring (bicyclic) bond motifs is 1. The second kappa shape index (κ2) is 4.95. The van der Waals surface area contributed by atoms with Gasteiger partial charge in [-0.25, -0.2) is 0 Å². The second-order valence-corrected chi connectivity index (χ2v) is 7.61. The van der Waals surface area contributed by atoms with Crippen molar-refractivity contribution < 1.29 is 0 Å². The molecule has 2 N–H and O–H groups in total. The van der Waals surface area contributed by atoms with E-state index >= 15 is 0 Å². The Balaban J connectivity index is 1.67. The number of nitrogens with zero attached hydrogens (tertiary/aromatic N) is 1. The molecule has 0 bridgehead atoms. The highest BCUT2D eigenvalue weighted by molar-refractivity contribution is 7.12. The van der Waals surface area contributed by atoms with Crippen LogP contribution in [0.1, 0.15) is 34.6 Å². The SMILES string of the molecule is Cc1cc(CN2CC3CCCC(N)C3C2)c(C)s1. The molecule has 0 amide bonds. The minimum atomic E-state index is 0.457. The topological polar surface area (TPSA) is 29.3 Å². The number of likely N-dealkylation sites (tertiary alicyclic amines) is 1. The van der Waals surface area contributed by atoms with Gasteiger partial charge in [-0.1, -0.05) is 6.42 Å². The van der Waals surface area contributed by atoms with Crippen LogP contribution in [0.3, 0.4) is 0 Å². The van der Waals surface area contributed by atoms with E-state index in [-0.39, 0.29) is 0 Å². The van der Waals surface area contributed by atoms with Crippen LogP contribution >= 0.6 is 11.3 Å². The van der Waals surface area contributed by atoms with Crippen LogP contribution in [0.2, 0.25) is 0 Å². The highest BCUT2D eigenvalue weighted by Gasteiger charge is 2.38. The van der Waals surface area contributed by atoms with Gasteiger partial charge in [0, 0.05) is 35.4 Å². The average molecular weight is 264 g/mol. The number of hydrogen-bond acceptors (Lipinski definition) is 3. The predicted molar refractivity (Wildman–Crippen MR) is 77.9 cm³/mol. The molecule has 0 spiro atoms. The zero-order valence-corrected chi connectivity index (χ0v) is 12.3. The Morgan fingerprint density at radius 3 is 2.83 bits per heavy atom. The van der Waals surface area contributed by atoms with Gasteiger partial charge >= 0.3 is 0 Å². The van der Waals surface area contributed by atoms with E-state index in [1.54, 1.807) is 0 Å². The average Bonchev–Trinajstić information content (AvgIpc) is 2.84. The zero-order chi connectivity index (χ0) is 12.7. The summed E-state index contributed by atoms with van der Waals surface area (Å²) >= 11 is 1.93. The summed E-state index contributed by atoms with van der Waals surface area (Å²) < 4.78 is 0.